The zero-order valence-electron chi connectivity index (χ0n) is 10.1. The summed E-state index contributed by atoms with van der Waals surface area (Å²) in [5.74, 6) is 1.14. The zero-order chi connectivity index (χ0) is 12.3. The molecule has 3 nitrogen and oxygen atoms in total. The average Bonchev–Trinajstić information content (AvgIpc) is 2.77. The lowest BCUT2D eigenvalue weighted by Crippen LogP contribution is -2.27. The molecule has 1 aliphatic rings. The maximum atomic E-state index is 9.05. The fourth-order valence-corrected chi connectivity index (χ4v) is 2.41. The molecule has 0 aromatic heterocycles. The largest absolute Gasteiger partial charge is 0.489 e. The van der Waals surface area contributed by atoms with E-state index in [9.17, 15) is 0 Å². The Bertz CT molecular complexity index is 436. The Labute approximate surface area is 102 Å². The van der Waals surface area contributed by atoms with Crippen molar-refractivity contribution in [2.24, 2.45) is 11.7 Å². The highest BCUT2D eigenvalue weighted by Gasteiger charge is 2.28. The van der Waals surface area contributed by atoms with Crippen molar-refractivity contribution in [2.75, 3.05) is 6.54 Å². The summed E-state index contributed by atoms with van der Waals surface area (Å²) < 4.78 is 5.98. The van der Waals surface area contributed by atoms with Crippen LogP contribution in [0, 0.1) is 24.2 Å². The fourth-order valence-electron chi connectivity index (χ4n) is 2.41. The maximum absolute atomic E-state index is 9.05. The van der Waals surface area contributed by atoms with Crippen LogP contribution in [-0.2, 0) is 0 Å². The lowest BCUT2D eigenvalue weighted by molar-refractivity contribution is 0.162. The van der Waals surface area contributed by atoms with Crippen molar-refractivity contribution in [1.82, 2.24) is 0 Å². The van der Waals surface area contributed by atoms with Crippen LogP contribution >= 0.6 is 0 Å². The van der Waals surface area contributed by atoms with Crippen molar-refractivity contribution in [3.63, 3.8) is 0 Å². The number of rotatable bonds is 3. The van der Waals surface area contributed by atoms with Crippen molar-refractivity contribution < 1.29 is 4.74 Å². The number of nitrogens with zero attached hydrogens (tertiary/aromatic N) is 1. The predicted molar refractivity (Wildman–Crippen MR) is 66.7 cm³/mol. The molecular weight excluding hydrogens is 212 g/mol. The second-order valence-corrected chi connectivity index (χ2v) is 4.69. The first-order valence-corrected chi connectivity index (χ1v) is 6.12. The van der Waals surface area contributed by atoms with Crippen molar-refractivity contribution in [3.8, 4) is 11.8 Å². The second-order valence-electron chi connectivity index (χ2n) is 4.69. The number of hydrogen-bond acceptors (Lipinski definition) is 3. The van der Waals surface area contributed by atoms with E-state index < -0.39 is 0 Å². The Morgan fingerprint density at radius 2 is 2.29 bits per heavy atom. The van der Waals surface area contributed by atoms with Crippen LogP contribution in [0.15, 0.2) is 18.2 Å². The van der Waals surface area contributed by atoms with E-state index in [1.807, 2.05) is 25.1 Å². The molecule has 1 aromatic carbocycles. The Kier molecular flexibility index (Phi) is 3.65. The van der Waals surface area contributed by atoms with Gasteiger partial charge < -0.3 is 10.5 Å². The summed E-state index contributed by atoms with van der Waals surface area (Å²) in [5.41, 5.74) is 7.46. The van der Waals surface area contributed by atoms with Crippen molar-refractivity contribution in [2.45, 2.75) is 32.3 Å². The van der Waals surface area contributed by atoms with Crippen LogP contribution in [0.4, 0.5) is 0 Å². The third kappa shape index (κ3) is 2.59. The number of nitrogens with two attached hydrogens (primary N) is 1. The summed E-state index contributed by atoms with van der Waals surface area (Å²) in [7, 11) is 0. The average molecular weight is 230 g/mol. The molecule has 0 spiro atoms. The summed E-state index contributed by atoms with van der Waals surface area (Å²) in [6.07, 6.45) is 3.52. The van der Waals surface area contributed by atoms with E-state index in [0.717, 1.165) is 18.4 Å². The minimum absolute atomic E-state index is 0.175. The molecule has 1 aromatic rings. The fraction of sp³-hybridized carbons (Fsp3) is 0.500. The highest BCUT2D eigenvalue weighted by molar-refractivity contribution is 5.45. The van der Waals surface area contributed by atoms with Gasteiger partial charge in [0.25, 0.3) is 0 Å². The Hall–Kier alpha value is -1.53. The molecule has 0 amide bonds. The minimum Gasteiger partial charge on any atom is -0.489 e. The van der Waals surface area contributed by atoms with Crippen LogP contribution in [0.3, 0.4) is 0 Å². The smallest absolute Gasteiger partial charge is 0.137 e. The first-order chi connectivity index (χ1) is 8.24. The maximum Gasteiger partial charge on any atom is 0.137 e. The van der Waals surface area contributed by atoms with E-state index in [1.165, 1.54) is 6.42 Å². The van der Waals surface area contributed by atoms with Gasteiger partial charge in [-0.25, -0.2) is 0 Å². The van der Waals surface area contributed by atoms with E-state index >= 15 is 0 Å². The monoisotopic (exact) mass is 230 g/mol. The van der Waals surface area contributed by atoms with Crippen LogP contribution in [-0.4, -0.2) is 12.6 Å². The van der Waals surface area contributed by atoms with Crippen LogP contribution in [0.25, 0.3) is 0 Å². The van der Waals surface area contributed by atoms with E-state index in [0.29, 0.717) is 23.8 Å². The molecule has 1 saturated carbocycles. The SMILES string of the molecule is Cc1ccc(C#N)c(OC2CCCC2CN)c1. The molecule has 2 atom stereocenters. The molecule has 0 radical (unpaired) electrons. The Morgan fingerprint density at radius 1 is 1.47 bits per heavy atom. The lowest BCUT2D eigenvalue weighted by Gasteiger charge is -2.20. The number of hydrogen-bond donors (Lipinski definition) is 1. The molecular formula is C14H18N2O. The molecule has 3 heteroatoms. The van der Waals surface area contributed by atoms with Gasteiger partial charge in [0, 0.05) is 5.92 Å². The molecule has 2 N–H and O–H groups in total. The highest BCUT2D eigenvalue weighted by Crippen LogP contribution is 2.30. The van der Waals surface area contributed by atoms with Gasteiger partial charge in [0.1, 0.15) is 17.9 Å². The third-order valence-electron chi connectivity index (χ3n) is 3.43. The van der Waals surface area contributed by atoms with Crippen molar-refractivity contribution in [1.29, 1.82) is 5.26 Å². The first kappa shape index (κ1) is 11.9. The summed E-state index contributed by atoms with van der Waals surface area (Å²) in [6.45, 7) is 2.67. The molecule has 17 heavy (non-hydrogen) atoms. The molecule has 0 bridgehead atoms. The molecule has 0 saturated heterocycles. The van der Waals surface area contributed by atoms with E-state index in [4.69, 9.17) is 15.7 Å². The predicted octanol–water partition coefficient (Wildman–Crippen LogP) is 2.37. The topological polar surface area (TPSA) is 59.0 Å². The second kappa shape index (κ2) is 5.20. The zero-order valence-corrected chi connectivity index (χ0v) is 10.1. The molecule has 1 aliphatic carbocycles. The Morgan fingerprint density at radius 3 is 3.00 bits per heavy atom. The van der Waals surface area contributed by atoms with Crippen molar-refractivity contribution >= 4 is 0 Å². The van der Waals surface area contributed by atoms with Crippen molar-refractivity contribution in [3.05, 3.63) is 29.3 Å². The number of ether oxygens (including phenoxy) is 1. The number of aryl methyl sites for hydroxylation is 1. The first-order valence-electron chi connectivity index (χ1n) is 6.12. The van der Waals surface area contributed by atoms with Gasteiger partial charge >= 0.3 is 0 Å². The summed E-state index contributed by atoms with van der Waals surface area (Å²) in [5, 5.41) is 9.05. The highest BCUT2D eigenvalue weighted by atomic mass is 16.5. The molecule has 1 fully saturated rings. The van der Waals surface area contributed by atoms with Gasteiger partial charge in [0.05, 0.1) is 5.56 Å². The normalized spacial score (nSPS) is 23.4. The van der Waals surface area contributed by atoms with Gasteiger partial charge in [-0.3, -0.25) is 0 Å². The van der Waals surface area contributed by atoms with E-state index in [1.54, 1.807) is 0 Å². The van der Waals surface area contributed by atoms with E-state index in [2.05, 4.69) is 6.07 Å². The summed E-state index contributed by atoms with van der Waals surface area (Å²) in [4.78, 5) is 0. The quantitative estimate of drug-likeness (QED) is 0.867. The van der Waals surface area contributed by atoms with Crippen LogP contribution in [0.2, 0.25) is 0 Å². The van der Waals surface area contributed by atoms with Gasteiger partial charge in [0.2, 0.25) is 0 Å². The minimum atomic E-state index is 0.175. The van der Waals surface area contributed by atoms with Crippen LogP contribution in [0.1, 0.15) is 30.4 Å². The molecule has 2 rings (SSSR count). The van der Waals surface area contributed by atoms with Crippen LogP contribution < -0.4 is 10.5 Å². The number of benzene rings is 1. The van der Waals surface area contributed by atoms with Gasteiger partial charge in [-0.2, -0.15) is 5.26 Å². The third-order valence-corrected chi connectivity index (χ3v) is 3.43. The summed E-state index contributed by atoms with van der Waals surface area (Å²) >= 11 is 0. The van der Waals surface area contributed by atoms with Gasteiger partial charge in [0.15, 0.2) is 0 Å². The Balaban J connectivity index is 2.18. The lowest BCUT2D eigenvalue weighted by atomic mass is 10.1. The molecule has 0 aliphatic heterocycles. The van der Waals surface area contributed by atoms with Gasteiger partial charge in [-0.05, 0) is 50.4 Å². The van der Waals surface area contributed by atoms with Gasteiger partial charge in [-0.15, -0.1) is 0 Å². The van der Waals surface area contributed by atoms with Crippen LogP contribution in [0.5, 0.6) is 5.75 Å². The van der Waals surface area contributed by atoms with E-state index in [-0.39, 0.29) is 6.10 Å². The summed E-state index contributed by atoms with van der Waals surface area (Å²) in [6, 6.07) is 7.86. The molecule has 0 heterocycles. The number of nitriles is 1. The standard InChI is InChI=1S/C14H18N2O/c1-10-5-6-12(9-16)14(7-10)17-13-4-2-3-11(13)8-15/h5-7,11,13H,2-4,8,15H2,1H3. The molecule has 2 unspecified atom stereocenters. The van der Waals surface area contributed by atoms with Gasteiger partial charge in [-0.1, -0.05) is 6.07 Å². The molecule has 90 valence electrons.